The lowest BCUT2D eigenvalue weighted by atomic mass is 9.78. The second kappa shape index (κ2) is 8.16. The van der Waals surface area contributed by atoms with Crippen molar-refractivity contribution < 1.29 is 41.8 Å². The summed E-state index contributed by atoms with van der Waals surface area (Å²) in [6, 6.07) is 5.13. The zero-order valence-electron chi connectivity index (χ0n) is 16.6. The average molecular weight is 429 g/mol. The number of ether oxygens (including phenoxy) is 3. The van der Waals surface area contributed by atoms with Gasteiger partial charge in [0, 0.05) is 0 Å². The van der Waals surface area contributed by atoms with Crippen molar-refractivity contribution in [3.8, 4) is 5.75 Å². The van der Waals surface area contributed by atoms with Crippen LogP contribution in [0, 0.1) is 17.8 Å². The standard InChI is InChI=1S/C20H22F3NO6/c1-10(2)14-9-29-19(27)24(14)18(26)16-13(20(21,22)23)8-15(25)30-17(16)11-4-6-12(28-3)7-5-11/h4-7,10,13-14,16-17H,8-9H2,1-3H3/t13-,14+,16+,17-/m0/s1. The first-order valence-corrected chi connectivity index (χ1v) is 9.44. The van der Waals surface area contributed by atoms with E-state index in [1.165, 1.54) is 31.4 Å². The molecule has 0 saturated carbocycles. The fourth-order valence-corrected chi connectivity index (χ4v) is 3.81. The van der Waals surface area contributed by atoms with Gasteiger partial charge in [-0.05, 0) is 23.6 Å². The molecule has 2 aliphatic heterocycles. The van der Waals surface area contributed by atoms with E-state index in [-0.39, 0.29) is 18.1 Å². The Morgan fingerprint density at radius 3 is 2.37 bits per heavy atom. The van der Waals surface area contributed by atoms with E-state index in [1.807, 2.05) is 0 Å². The molecular weight excluding hydrogens is 407 g/mol. The van der Waals surface area contributed by atoms with Crippen LogP contribution in [-0.4, -0.2) is 48.8 Å². The molecule has 0 N–H and O–H groups in total. The van der Waals surface area contributed by atoms with E-state index in [2.05, 4.69) is 0 Å². The molecule has 1 aromatic rings. The molecule has 0 aromatic heterocycles. The predicted molar refractivity (Wildman–Crippen MR) is 96.3 cm³/mol. The van der Waals surface area contributed by atoms with Crippen molar-refractivity contribution in [2.24, 2.45) is 17.8 Å². The second-order valence-electron chi connectivity index (χ2n) is 7.66. The summed E-state index contributed by atoms with van der Waals surface area (Å²) in [6.07, 6.45) is -8.34. The summed E-state index contributed by atoms with van der Waals surface area (Å²) in [7, 11) is 1.42. The largest absolute Gasteiger partial charge is 0.497 e. The van der Waals surface area contributed by atoms with Gasteiger partial charge in [-0.3, -0.25) is 9.59 Å². The van der Waals surface area contributed by atoms with Gasteiger partial charge in [-0.2, -0.15) is 13.2 Å². The van der Waals surface area contributed by atoms with E-state index in [4.69, 9.17) is 14.2 Å². The Morgan fingerprint density at radius 1 is 1.20 bits per heavy atom. The maximum absolute atomic E-state index is 13.9. The van der Waals surface area contributed by atoms with E-state index in [1.54, 1.807) is 13.8 Å². The SMILES string of the molecule is COc1ccc([C@@H]2OC(=O)C[C@H](C(F)(F)F)[C@H]2C(=O)N2C(=O)OC[C@@H]2C(C)C)cc1. The predicted octanol–water partition coefficient (Wildman–Crippen LogP) is 3.48. The van der Waals surface area contributed by atoms with Gasteiger partial charge < -0.3 is 14.2 Å². The third-order valence-electron chi connectivity index (χ3n) is 5.47. The number of benzene rings is 1. The minimum absolute atomic E-state index is 0.0986. The Kier molecular flexibility index (Phi) is 5.96. The lowest BCUT2D eigenvalue weighted by Crippen LogP contribution is -2.53. The van der Waals surface area contributed by atoms with Crippen LogP contribution in [0.2, 0.25) is 0 Å². The number of carbonyl (C=O) groups is 3. The highest BCUT2D eigenvalue weighted by atomic mass is 19.4. The van der Waals surface area contributed by atoms with Crippen LogP contribution in [0.15, 0.2) is 24.3 Å². The van der Waals surface area contributed by atoms with Crippen molar-refractivity contribution in [3.63, 3.8) is 0 Å². The molecule has 164 valence electrons. The van der Waals surface area contributed by atoms with Crippen molar-refractivity contribution in [1.82, 2.24) is 4.90 Å². The molecule has 2 fully saturated rings. The van der Waals surface area contributed by atoms with Crippen LogP contribution in [-0.2, 0) is 19.1 Å². The number of halogens is 3. The highest BCUT2D eigenvalue weighted by molar-refractivity contribution is 5.96. The molecule has 0 radical (unpaired) electrons. The zero-order chi connectivity index (χ0) is 22.2. The lowest BCUT2D eigenvalue weighted by Gasteiger charge is -2.39. The van der Waals surface area contributed by atoms with E-state index < -0.39 is 54.5 Å². The molecule has 1 aromatic carbocycles. The molecule has 4 atom stereocenters. The molecule has 0 aliphatic carbocycles. The van der Waals surface area contributed by atoms with Crippen molar-refractivity contribution in [3.05, 3.63) is 29.8 Å². The van der Waals surface area contributed by atoms with Gasteiger partial charge in [0.05, 0.1) is 31.4 Å². The molecule has 2 heterocycles. The Balaban J connectivity index is 2.05. The Bertz CT molecular complexity index is 823. The minimum atomic E-state index is -4.85. The molecule has 2 saturated heterocycles. The quantitative estimate of drug-likeness (QED) is 0.682. The number of rotatable bonds is 4. The third kappa shape index (κ3) is 4.08. The average Bonchev–Trinajstić information content (AvgIpc) is 3.08. The van der Waals surface area contributed by atoms with Gasteiger partial charge in [0.2, 0.25) is 5.91 Å². The van der Waals surface area contributed by atoms with Crippen LogP contribution in [0.1, 0.15) is 31.9 Å². The topological polar surface area (TPSA) is 82.1 Å². The number of carbonyl (C=O) groups excluding carboxylic acids is 3. The maximum Gasteiger partial charge on any atom is 0.416 e. The number of nitrogens with zero attached hydrogens (tertiary/aromatic N) is 1. The number of cyclic esters (lactones) is 2. The fraction of sp³-hybridized carbons (Fsp3) is 0.550. The smallest absolute Gasteiger partial charge is 0.416 e. The van der Waals surface area contributed by atoms with Crippen molar-refractivity contribution >= 4 is 18.0 Å². The monoisotopic (exact) mass is 429 g/mol. The summed E-state index contributed by atoms with van der Waals surface area (Å²) in [5.74, 6) is -6.02. The lowest BCUT2D eigenvalue weighted by molar-refractivity contribution is -0.225. The highest BCUT2D eigenvalue weighted by Gasteiger charge is 2.58. The Labute approximate surface area is 171 Å². The zero-order valence-corrected chi connectivity index (χ0v) is 16.6. The number of alkyl halides is 3. The van der Waals surface area contributed by atoms with Crippen LogP contribution in [0.5, 0.6) is 5.75 Å². The minimum Gasteiger partial charge on any atom is -0.497 e. The summed E-state index contributed by atoms with van der Waals surface area (Å²) < 4.78 is 56.8. The van der Waals surface area contributed by atoms with Crippen molar-refractivity contribution in [1.29, 1.82) is 0 Å². The second-order valence-corrected chi connectivity index (χ2v) is 7.66. The molecular formula is C20H22F3NO6. The molecule has 0 spiro atoms. The number of hydrogen-bond acceptors (Lipinski definition) is 6. The summed E-state index contributed by atoms with van der Waals surface area (Å²) in [5, 5.41) is 0. The van der Waals surface area contributed by atoms with Crippen LogP contribution >= 0.6 is 0 Å². The highest BCUT2D eigenvalue weighted by Crippen LogP contribution is 2.47. The first-order chi connectivity index (χ1) is 14.0. The molecule has 10 heteroatoms. The number of amides is 2. The summed E-state index contributed by atoms with van der Waals surface area (Å²) >= 11 is 0. The Morgan fingerprint density at radius 2 is 1.83 bits per heavy atom. The van der Waals surface area contributed by atoms with Crippen LogP contribution in [0.3, 0.4) is 0 Å². The number of imide groups is 1. The van der Waals surface area contributed by atoms with Crippen molar-refractivity contribution in [2.75, 3.05) is 13.7 Å². The number of hydrogen-bond donors (Lipinski definition) is 0. The van der Waals surface area contributed by atoms with E-state index in [0.29, 0.717) is 5.75 Å². The maximum atomic E-state index is 13.9. The molecule has 2 amide bonds. The first kappa shape index (κ1) is 21.9. The third-order valence-corrected chi connectivity index (χ3v) is 5.47. The normalized spacial score (nSPS) is 27.1. The fourth-order valence-electron chi connectivity index (χ4n) is 3.81. The summed E-state index contributed by atoms with van der Waals surface area (Å²) in [4.78, 5) is 38.2. The van der Waals surface area contributed by atoms with Gasteiger partial charge in [-0.15, -0.1) is 0 Å². The van der Waals surface area contributed by atoms with Gasteiger partial charge in [-0.25, -0.2) is 9.69 Å². The van der Waals surface area contributed by atoms with E-state index >= 15 is 0 Å². The van der Waals surface area contributed by atoms with E-state index in [9.17, 15) is 27.6 Å². The van der Waals surface area contributed by atoms with Gasteiger partial charge in [0.1, 0.15) is 18.5 Å². The van der Waals surface area contributed by atoms with Gasteiger partial charge in [0.25, 0.3) is 0 Å². The molecule has 3 rings (SSSR count). The van der Waals surface area contributed by atoms with Crippen LogP contribution in [0.4, 0.5) is 18.0 Å². The summed E-state index contributed by atoms with van der Waals surface area (Å²) in [6.45, 7) is 3.37. The molecule has 30 heavy (non-hydrogen) atoms. The molecule has 0 bridgehead atoms. The molecule has 2 aliphatic rings. The first-order valence-electron chi connectivity index (χ1n) is 9.44. The van der Waals surface area contributed by atoms with E-state index in [0.717, 1.165) is 4.90 Å². The van der Waals surface area contributed by atoms with Gasteiger partial charge in [-0.1, -0.05) is 26.0 Å². The van der Waals surface area contributed by atoms with Crippen molar-refractivity contribution in [2.45, 2.75) is 38.6 Å². The summed E-state index contributed by atoms with van der Waals surface area (Å²) in [5.41, 5.74) is 0.199. The molecule has 0 unspecified atom stereocenters. The van der Waals surface area contributed by atoms with Gasteiger partial charge >= 0.3 is 18.2 Å². The van der Waals surface area contributed by atoms with Crippen LogP contribution in [0.25, 0.3) is 0 Å². The van der Waals surface area contributed by atoms with Gasteiger partial charge in [0.15, 0.2) is 0 Å². The Hall–Kier alpha value is -2.78. The molecule has 7 nitrogen and oxygen atoms in total. The number of esters is 1. The van der Waals surface area contributed by atoms with Crippen LogP contribution < -0.4 is 4.74 Å². The number of methoxy groups -OCH3 is 1.